The first-order valence-corrected chi connectivity index (χ1v) is 20.3. The van der Waals surface area contributed by atoms with Crippen LogP contribution in [0.4, 0.5) is 0 Å². The van der Waals surface area contributed by atoms with E-state index in [1.54, 1.807) is 0 Å². The van der Waals surface area contributed by atoms with Crippen LogP contribution in [0, 0.1) is 5.92 Å². The summed E-state index contributed by atoms with van der Waals surface area (Å²) >= 11 is 0. The maximum absolute atomic E-state index is 12.3. The van der Waals surface area contributed by atoms with Crippen LogP contribution in [0.25, 0.3) is 0 Å². The van der Waals surface area contributed by atoms with Crippen molar-refractivity contribution in [2.24, 2.45) is 5.92 Å². The molecule has 0 bridgehead atoms. The zero-order chi connectivity index (χ0) is 34.5. The Hall–Kier alpha value is -1.62. The van der Waals surface area contributed by atoms with Gasteiger partial charge in [0.15, 0.2) is 0 Å². The molecule has 0 aromatic rings. The number of carbonyl (C=O) groups is 2. The van der Waals surface area contributed by atoms with Gasteiger partial charge in [-0.25, -0.2) is 0 Å². The molecule has 0 aliphatic rings. The first-order valence-electron chi connectivity index (χ1n) is 20.3. The summed E-state index contributed by atoms with van der Waals surface area (Å²) in [5, 5.41) is 0. The Morgan fingerprint density at radius 3 is 1.09 bits per heavy atom. The lowest BCUT2D eigenvalue weighted by Gasteiger charge is -2.21. The Morgan fingerprint density at radius 1 is 0.468 bits per heavy atom. The number of ether oxygens (including phenoxy) is 2. The summed E-state index contributed by atoms with van der Waals surface area (Å²) in [7, 11) is 3.99. The fraction of sp³-hybridized carbons (Fsp3) is 0.857. The van der Waals surface area contributed by atoms with Crippen LogP contribution in [0.5, 0.6) is 0 Å². The third-order valence-electron chi connectivity index (χ3n) is 8.87. The van der Waals surface area contributed by atoms with Crippen LogP contribution in [0.1, 0.15) is 194 Å². The molecule has 0 saturated heterocycles. The molecule has 5 heteroatoms. The second-order valence-electron chi connectivity index (χ2n) is 14.2. The lowest BCUT2D eigenvalue weighted by molar-refractivity contribution is -0.149. The predicted molar refractivity (Wildman–Crippen MR) is 203 cm³/mol. The largest absolute Gasteiger partial charge is 0.465 e. The van der Waals surface area contributed by atoms with Gasteiger partial charge in [0.1, 0.15) is 0 Å². The SMILES string of the molecule is CCCCCCCC/C=C\CCCCCCCC(=O)OCC(COC(=O)CCCCCCC/C=C\CCCCCCCC)CN(C)C. The van der Waals surface area contributed by atoms with Crippen molar-refractivity contribution in [1.29, 1.82) is 0 Å². The minimum absolute atomic E-state index is 0.00104. The average Bonchev–Trinajstić information content (AvgIpc) is 3.05. The van der Waals surface area contributed by atoms with Crippen LogP contribution in [0.15, 0.2) is 24.3 Å². The molecule has 0 aromatic heterocycles. The minimum Gasteiger partial charge on any atom is -0.465 e. The summed E-state index contributed by atoms with van der Waals surface area (Å²) in [5.74, 6) is -0.266. The Balaban J connectivity index is 3.76. The van der Waals surface area contributed by atoms with E-state index in [0.29, 0.717) is 26.1 Å². The smallest absolute Gasteiger partial charge is 0.305 e. The van der Waals surface area contributed by atoms with Crippen LogP contribution in [-0.2, 0) is 19.1 Å². The fourth-order valence-electron chi connectivity index (χ4n) is 5.92. The second-order valence-corrected chi connectivity index (χ2v) is 14.2. The van der Waals surface area contributed by atoms with Gasteiger partial charge in [0.25, 0.3) is 0 Å². The highest BCUT2D eigenvalue weighted by Crippen LogP contribution is 2.13. The maximum atomic E-state index is 12.3. The summed E-state index contributed by atoms with van der Waals surface area (Å²) in [5.41, 5.74) is 0. The summed E-state index contributed by atoms with van der Waals surface area (Å²) in [4.78, 5) is 26.7. The minimum atomic E-state index is -0.133. The van der Waals surface area contributed by atoms with Crippen molar-refractivity contribution in [1.82, 2.24) is 4.90 Å². The quantitative estimate of drug-likeness (QED) is 0.0380. The lowest BCUT2D eigenvalue weighted by atomic mass is 10.1. The molecule has 276 valence electrons. The van der Waals surface area contributed by atoms with Gasteiger partial charge < -0.3 is 14.4 Å². The number of esters is 2. The Morgan fingerprint density at radius 2 is 0.766 bits per heavy atom. The zero-order valence-electron chi connectivity index (χ0n) is 31.9. The number of rotatable bonds is 36. The number of hydrogen-bond donors (Lipinski definition) is 0. The molecule has 47 heavy (non-hydrogen) atoms. The maximum Gasteiger partial charge on any atom is 0.305 e. The number of nitrogens with zero attached hydrogens (tertiary/aromatic N) is 1. The van der Waals surface area contributed by atoms with E-state index in [-0.39, 0.29) is 17.9 Å². The molecule has 0 saturated carbocycles. The molecule has 0 fully saturated rings. The van der Waals surface area contributed by atoms with Gasteiger partial charge in [-0.3, -0.25) is 9.59 Å². The van der Waals surface area contributed by atoms with E-state index in [0.717, 1.165) is 32.2 Å². The van der Waals surface area contributed by atoms with Crippen molar-refractivity contribution in [3.8, 4) is 0 Å². The third-order valence-corrected chi connectivity index (χ3v) is 8.87. The summed E-state index contributed by atoms with van der Waals surface area (Å²) < 4.78 is 11.2. The van der Waals surface area contributed by atoms with Crippen LogP contribution in [-0.4, -0.2) is 50.7 Å². The van der Waals surface area contributed by atoms with Crippen molar-refractivity contribution >= 4 is 11.9 Å². The van der Waals surface area contributed by atoms with E-state index < -0.39 is 0 Å². The van der Waals surface area contributed by atoms with Crippen molar-refractivity contribution in [2.45, 2.75) is 194 Å². The molecular weight excluding hydrogens is 582 g/mol. The fourth-order valence-corrected chi connectivity index (χ4v) is 5.92. The number of hydrogen-bond acceptors (Lipinski definition) is 5. The number of allylic oxidation sites excluding steroid dienone is 4. The molecular formula is C42H79NO4. The van der Waals surface area contributed by atoms with E-state index in [4.69, 9.17) is 9.47 Å². The highest BCUT2D eigenvalue weighted by atomic mass is 16.5. The molecule has 0 unspecified atom stereocenters. The monoisotopic (exact) mass is 662 g/mol. The topological polar surface area (TPSA) is 55.8 Å². The van der Waals surface area contributed by atoms with Gasteiger partial charge in [0.2, 0.25) is 0 Å². The van der Waals surface area contributed by atoms with Crippen molar-refractivity contribution in [3.05, 3.63) is 24.3 Å². The van der Waals surface area contributed by atoms with Gasteiger partial charge in [-0.15, -0.1) is 0 Å². The molecule has 0 aliphatic carbocycles. The molecule has 0 N–H and O–H groups in total. The van der Waals surface area contributed by atoms with Gasteiger partial charge in [0, 0.05) is 25.3 Å². The first kappa shape index (κ1) is 45.4. The second kappa shape index (κ2) is 37.2. The first-order chi connectivity index (χ1) is 23.0. The van der Waals surface area contributed by atoms with E-state index >= 15 is 0 Å². The van der Waals surface area contributed by atoms with E-state index in [1.165, 1.54) is 141 Å². The van der Waals surface area contributed by atoms with Gasteiger partial charge in [0.05, 0.1) is 13.2 Å². The molecule has 5 nitrogen and oxygen atoms in total. The highest BCUT2D eigenvalue weighted by Gasteiger charge is 2.16. The van der Waals surface area contributed by atoms with E-state index in [2.05, 4.69) is 43.1 Å². The molecule has 0 atom stereocenters. The molecule has 0 aliphatic heterocycles. The molecule has 0 heterocycles. The number of unbranched alkanes of at least 4 members (excludes halogenated alkanes) is 22. The molecule has 0 spiro atoms. The van der Waals surface area contributed by atoms with Crippen LogP contribution < -0.4 is 0 Å². The molecule has 0 amide bonds. The van der Waals surface area contributed by atoms with Crippen LogP contribution >= 0.6 is 0 Å². The Labute approximate surface area is 293 Å². The van der Waals surface area contributed by atoms with Crippen LogP contribution in [0.3, 0.4) is 0 Å². The molecule has 0 radical (unpaired) electrons. The average molecular weight is 662 g/mol. The predicted octanol–water partition coefficient (Wildman–Crippen LogP) is 12.3. The Bertz CT molecular complexity index is 676. The molecule has 0 aromatic carbocycles. The Kier molecular flexibility index (Phi) is 35.9. The van der Waals surface area contributed by atoms with E-state index in [9.17, 15) is 9.59 Å². The van der Waals surface area contributed by atoms with Gasteiger partial charge in [-0.2, -0.15) is 0 Å². The van der Waals surface area contributed by atoms with Crippen LogP contribution in [0.2, 0.25) is 0 Å². The summed E-state index contributed by atoms with van der Waals surface area (Å²) in [6.07, 6.45) is 42.7. The van der Waals surface area contributed by atoms with Gasteiger partial charge in [-0.1, -0.05) is 141 Å². The van der Waals surface area contributed by atoms with Gasteiger partial charge >= 0.3 is 11.9 Å². The highest BCUT2D eigenvalue weighted by molar-refractivity contribution is 5.69. The zero-order valence-corrected chi connectivity index (χ0v) is 31.9. The number of carbonyl (C=O) groups excluding carboxylic acids is 2. The van der Waals surface area contributed by atoms with Crippen molar-refractivity contribution in [3.63, 3.8) is 0 Å². The lowest BCUT2D eigenvalue weighted by Crippen LogP contribution is -2.30. The van der Waals surface area contributed by atoms with Gasteiger partial charge in [-0.05, 0) is 78.3 Å². The third kappa shape index (κ3) is 37.1. The molecule has 0 rings (SSSR count). The van der Waals surface area contributed by atoms with Crippen molar-refractivity contribution in [2.75, 3.05) is 33.9 Å². The summed E-state index contributed by atoms with van der Waals surface area (Å²) in [6, 6.07) is 0. The van der Waals surface area contributed by atoms with E-state index in [1.807, 2.05) is 14.1 Å². The van der Waals surface area contributed by atoms with Crippen molar-refractivity contribution < 1.29 is 19.1 Å². The summed E-state index contributed by atoms with van der Waals surface area (Å²) in [6.45, 7) is 5.88. The normalized spacial score (nSPS) is 11.9. The standard InChI is InChI=1S/C42H79NO4/c1-5-7-9-11-13-15-17-19-21-23-25-27-29-31-33-35-41(44)46-38-40(37-43(3)4)39-47-42(45)36-34-32-30-28-26-24-22-20-18-16-14-12-10-8-6-2/h19-22,40H,5-18,23-39H2,1-4H3/b21-19-,22-20-.